The number of halogens is 1. The maximum Gasteiger partial charge on any atom is 0.287 e. The van der Waals surface area contributed by atoms with E-state index in [9.17, 15) is 14.0 Å². The summed E-state index contributed by atoms with van der Waals surface area (Å²) in [6.45, 7) is 6.76. The summed E-state index contributed by atoms with van der Waals surface area (Å²) in [5, 5.41) is 2.85. The van der Waals surface area contributed by atoms with Crippen LogP contribution in [0.1, 0.15) is 65.4 Å². The molecule has 0 fully saturated rings. The van der Waals surface area contributed by atoms with Gasteiger partial charge in [-0.05, 0) is 65.1 Å². The molecular formula is C33H33FN2O4. The normalized spacial score (nSPS) is 14.9. The van der Waals surface area contributed by atoms with Gasteiger partial charge in [-0.1, -0.05) is 69.3 Å². The van der Waals surface area contributed by atoms with Crippen LogP contribution in [0.2, 0.25) is 0 Å². The minimum atomic E-state index is -0.582. The molecule has 0 bridgehead atoms. The fraction of sp³-hybridized carbons (Fsp3) is 0.273. The van der Waals surface area contributed by atoms with Crippen LogP contribution in [0.15, 0.2) is 89.3 Å². The first-order valence-electron chi connectivity index (χ1n) is 13.4. The van der Waals surface area contributed by atoms with Crippen molar-refractivity contribution in [1.82, 2.24) is 10.2 Å². The minimum absolute atomic E-state index is 0.00684. The second-order valence-electron chi connectivity index (χ2n) is 11.0. The van der Waals surface area contributed by atoms with Crippen molar-refractivity contribution in [2.45, 2.75) is 46.4 Å². The summed E-state index contributed by atoms with van der Waals surface area (Å²) in [5.41, 5.74) is 3.13. The number of amides is 2. The van der Waals surface area contributed by atoms with Crippen LogP contribution < -0.4 is 10.1 Å². The van der Waals surface area contributed by atoms with E-state index in [2.05, 4.69) is 5.32 Å². The van der Waals surface area contributed by atoms with Gasteiger partial charge in [0, 0.05) is 18.5 Å². The lowest BCUT2D eigenvalue weighted by Crippen LogP contribution is -2.45. The number of hydrogen-bond acceptors (Lipinski definition) is 4. The van der Waals surface area contributed by atoms with Crippen LogP contribution >= 0.6 is 0 Å². The SMILES string of the molecule is CC(C)(C)C(=O)N1CCc2ccc(OCc3ccc(C(=O)NCc4ccccc4)o3)cc2[C@@H]1c1cccc(F)c1. The summed E-state index contributed by atoms with van der Waals surface area (Å²) < 4.78 is 26.0. The second kappa shape index (κ2) is 11.4. The molecule has 1 N–H and O–H groups in total. The number of nitrogens with one attached hydrogen (secondary N) is 1. The molecule has 206 valence electrons. The average molecular weight is 541 g/mol. The van der Waals surface area contributed by atoms with E-state index >= 15 is 0 Å². The molecule has 6 nitrogen and oxygen atoms in total. The number of furan rings is 1. The van der Waals surface area contributed by atoms with Gasteiger partial charge in [-0.25, -0.2) is 4.39 Å². The molecule has 40 heavy (non-hydrogen) atoms. The maximum absolute atomic E-state index is 14.3. The third-order valence-corrected chi connectivity index (χ3v) is 6.97. The van der Waals surface area contributed by atoms with Gasteiger partial charge in [0.1, 0.15) is 23.9 Å². The van der Waals surface area contributed by atoms with Gasteiger partial charge < -0.3 is 19.4 Å². The lowest BCUT2D eigenvalue weighted by Gasteiger charge is -2.41. The van der Waals surface area contributed by atoms with E-state index in [-0.39, 0.29) is 30.0 Å². The molecule has 0 saturated heterocycles. The fourth-order valence-electron chi connectivity index (χ4n) is 4.97. The Morgan fingerprint density at radius 2 is 1.80 bits per heavy atom. The second-order valence-corrected chi connectivity index (χ2v) is 11.0. The van der Waals surface area contributed by atoms with Crippen molar-refractivity contribution in [3.8, 4) is 5.75 Å². The van der Waals surface area contributed by atoms with Crippen molar-refractivity contribution in [2.24, 2.45) is 5.41 Å². The summed E-state index contributed by atoms with van der Waals surface area (Å²) in [5.74, 6) is 0.674. The predicted molar refractivity (Wildman–Crippen MR) is 150 cm³/mol. The Morgan fingerprint density at radius 1 is 1.00 bits per heavy atom. The summed E-state index contributed by atoms with van der Waals surface area (Å²) in [6, 6.07) is 24.8. The molecule has 5 rings (SSSR count). The van der Waals surface area contributed by atoms with Crippen molar-refractivity contribution < 1.29 is 23.1 Å². The van der Waals surface area contributed by atoms with Crippen LogP contribution in [0.3, 0.4) is 0 Å². The van der Waals surface area contributed by atoms with Crippen LogP contribution in [-0.4, -0.2) is 23.3 Å². The van der Waals surface area contributed by atoms with E-state index in [0.717, 1.165) is 16.7 Å². The highest BCUT2D eigenvalue weighted by molar-refractivity contribution is 5.91. The van der Waals surface area contributed by atoms with Gasteiger partial charge in [0.25, 0.3) is 5.91 Å². The first kappa shape index (κ1) is 27.2. The first-order valence-corrected chi connectivity index (χ1v) is 13.4. The molecule has 1 aliphatic heterocycles. The van der Waals surface area contributed by atoms with Crippen molar-refractivity contribution in [2.75, 3.05) is 6.54 Å². The first-order chi connectivity index (χ1) is 19.2. The number of nitrogens with zero attached hydrogens (tertiary/aromatic N) is 1. The summed E-state index contributed by atoms with van der Waals surface area (Å²) >= 11 is 0. The third kappa shape index (κ3) is 6.09. The minimum Gasteiger partial charge on any atom is -0.486 e. The molecule has 1 atom stereocenters. The molecular weight excluding hydrogens is 507 g/mol. The van der Waals surface area contributed by atoms with E-state index in [1.165, 1.54) is 12.1 Å². The van der Waals surface area contributed by atoms with E-state index in [1.54, 1.807) is 18.2 Å². The van der Waals surface area contributed by atoms with Gasteiger partial charge in [-0.3, -0.25) is 9.59 Å². The van der Waals surface area contributed by atoms with Crippen molar-refractivity contribution in [1.29, 1.82) is 0 Å². The molecule has 2 heterocycles. The Bertz CT molecular complexity index is 1510. The molecule has 0 unspecified atom stereocenters. The smallest absolute Gasteiger partial charge is 0.287 e. The molecule has 1 aliphatic rings. The number of hydrogen-bond donors (Lipinski definition) is 1. The maximum atomic E-state index is 14.3. The largest absolute Gasteiger partial charge is 0.486 e. The zero-order valence-corrected chi connectivity index (χ0v) is 22.9. The van der Waals surface area contributed by atoms with Crippen LogP contribution in [0.25, 0.3) is 0 Å². The predicted octanol–water partition coefficient (Wildman–Crippen LogP) is 6.45. The molecule has 0 radical (unpaired) electrons. The summed E-state index contributed by atoms with van der Waals surface area (Å²) in [7, 11) is 0. The lowest BCUT2D eigenvalue weighted by molar-refractivity contribution is -0.141. The van der Waals surface area contributed by atoms with Crippen LogP contribution in [0, 0.1) is 11.2 Å². The van der Waals surface area contributed by atoms with Gasteiger partial charge in [-0.15, -0.1) is 0 Å². The van der Waals surface area contributed by atoms with Gasteiger partial charge >= 0.3 is 0 Å². The van der Waals surface area contributed by atoms with Gasteiger partial charge in [0.05, 0.1) is 6.04 Å². The third-order valence-electron chi connectivity index (χ3n) is 6.97. The van der Waals surface area contributed by atoms with Crippen LogP contribution in [0.5, 0.6) is 5.75 Å². The molecule has 0 spiro atoms. The highest BCUT2D eigenvalue weighted by Gasteiger charge is 2.37. The molecule has 7 heteroatoms. The van der Waals surface area contributed by atoms with Crippen LogP contribution in [-0.2, 0) is 24.4 Å². The number of benzene rings is 3. The standard InChI is InChI=1S/C33H33FN2O4/c1-33(2,3)32(38)36-17-16-23-12-13-26(19-28(23)30(36)24-10-7-11-25(34)18-24)39-21-27-14-15-29(40-27)31(37)35-20-22-8-5-4-6-9-22/h4-15,18-19,30H,16-17,20-21H2,1-3H3,(H,35,37)/t30-/m0/s1. The summed E-state index contributed by atoms with van der Waals surface area (Å²) in [4.78, 5) is 27.8. The van der Waals surface area contributed by atoms with Crippen molar-refractivity contribution in [3.63, 3.8) is 0 Å². The topological polar surface area (TPSA) is 71.8 Å². The summed E-state index contributed by atoms with van der Waals surface area (Å²) in [6.07, 6.45) is 0.697. The van der Waals surface area contributed by atoms with E-state index in [1.807, 2.05) is 80.3 Å². The zero-order valence-electron chi connectivity index (χ0n) is 22.9. The molecule has 0 saturated carbocycles. The van der Waals surface area contributed by atoms with E-state index in [0.29, 0.717) is 36.6 Å². The molecule has 0 aliphatic carbocycles. The van der Waals surface area contributed by atoms with Crippen LogP contribution in [0.4, 0.5) is 4.39 Å². The Balaban J connectivity index is 1.33. The number of ether oxygens (including phenoxy) is 1. The Hall–Kier alpha value is -4.39. The Morgan fingerprint density at radius 3 is 2.55 bits per heavy atom. The Labute approximate surface area is 233 Å². The number of fused-ring (bicyclic) bond motifs is 1. The highest BCUT2D eigenvalue weighted by atomic mass is 19.1. The molecule has 2 amide bonds. The van der Waals surface area contributed by atoms with E-state index in [4.69, 9.17) is 9.15 Å². The average Bonchev–Trinajstić information content (AvgIpc) is 3.43. The molecule has 3 aromatic carbocycles. The number of carbonyl (C=O) groups is 2. The van der Waals surface area contributed by atoms with Gasteiger partial charge in [0.2, 0.25) is 5.91 Å². The highest BCUT2D eigenvalue weighted by Crippen LogP contribution is 2.39. The van der Waals surface area contributed by atoms with Gasteiger partial charge in [-0.2, -0.15) is 0 Å². The Kier molecular flexibility index (Phi) is 7.74. The van der Waals surface area contributed by atoms with Crippen molar-refractivity contribution in [3.05, 3.63) is 125 Å². The molecule has 1 aromatic heterocycles. The zero-order chi connectivity index (χ0) is 28.3. The lowest BCUT2D eigenvalue weighted by atomic mass is 9.85. The van der Waals surface area contributed by atoms with E-state index < -0.39 is 11.5 Å². The quantitative estimate of drug-likeness (QED) is 0.293. The number of carbonyl (C=O) groups excluding carboxylic acids is 2. The number of rotatable bonds is 7. The monoisotopic (exact) mass is 540 g/mol. The van der Waals surface area contributed by atoms with Crippen molar-refractivity contribution >= 4 is 11.8 Å². The fourth-order valence-corrected chi connectivity index (χ4v) is 4.97. The molecule has 4 aromatic rings. The van der Waals surface area contributed by atoms with Gasteiger partial charge in [0.15, 0.2) is 5.76 Å².